The van der Waals surface area contributed by atoms with Crippen molar-refractivity contribution in [3.05, 3.63) is 0 Å². The highest BCUT2D eigenvalue weighted by Gasteiger charge is 2.15. The zero-order chi connectivity index (χ0) is 10.9. The normalized spacial score (nSPS) is 16.7. The molecular formula is C11H22N2O2. The zero-order valence-corrected chi connectivity index (χ0v) is 9.63. The summed E-state index contributed by atoms with van der Waals surface area (Å²) in [4.78, 5) is 13.5. The molecule has 4 nitrogen and oxygen atoms in total. The van der Waals surface area contributed by atoms with Gasteiger partial charge in [-0.3, -0.25) is 4.79 Å². The molecule has 1 N–H and O–H groups in total. The number of unbranched alkanes of at least 4 members (excludes halogenated alkanes) is 2. The third-order valence-corrected chi connectivity index (χ3v) is 2.60. The van der Waals surface area contributed by atoms with Gasteiger partial charge in [0.2, 0.25) is 5.91 Å². The molecule has 1 amide bonds. The highest BCUT2D eigenvalue weighted by molar-refractivity contribution is 5.78. The fourth-order valence-electron chi connectivity index (χ4n) is 1.62. The summed E-state index contributed by atoms with van der Waals surface area (Å²) in [5, 5.41) is 3.19. The van der Waals surface area contributed by atoms with Crippen molar-refractivity contribution in [2.24, 2.45) is 0 Å². The summed E-state index contributed by atoms with van der Waals surface area (Å²) in [5.41, 5.74) is 0. The van der Waals surface area contributed by atoms with Crippen LogP contribution in [0.5, 0.6) is 0 Å². The molecule has 0 atom stereocenters. The van der Waals surface area contributed by atoms with Gasteiger partial charge in [-0.05, 0) is 13.0 Å². The number of morpholine rings is 1. The minimum atomic E-state index is 0.204. The number of hydrogen-bond acceptors (Lipinski definition) is 3. The standard InChI is InChI=1S/C11H22N2O2/c1-2-3-4-5-12-10-11(14)13-6-8-15-9-7-13/h12H,2-10H2,1H3. The molecule has 0 bridgehead atoms. The van der Waals surface area contributed by atoms with Crippen molar-refractivity contribution in [1.82, 2.24) is 10.2 Å². The first kappa shape index (κ1) is 12.5. The molecule has 4 heteroatoms. The van der Waals surface area contributed by atoms with Gasteiger partial charge in [-0.1, -0.05) is 19.8 Å². The Labute approximate surface area is 92.0 Å². The van der Waals surface area contributed by atoms with E-state index in [2.05, 4.69) is 12.2 Å². The lowest BCUT2D eigenvalue weighted by Crippen LogP contribution is -2.44. The Morgan fingerprint density at radius 1 is 1.33 bits per heavy atom. The van der Waals surface area contributed by atoms with E-state index in [4.69, 9.17) is 4.74 Å². The number of nitrogens with zero attached hydrogens (tertiary/aromatic N) is 1. The second-order valence-corrected chi connectivity index (χ2v) is 3.88. The molecule has 0 spiro atoms. The highest BCUT2D eigenvalue weighted by Crippen LogP contribution is 1.97. The van der Waals surface area contributed by atoms with Crippen LogP contribution in [0.4, 0.5) is 0 Å². The smallest absolute Gasteiger partial charge is 0.236 e. The predicted molar refractivity (Wildman–Crippen MR) is 59.8 cm³/mol. The molecule has 0 aliphatic carbocycles. The first-order chi connectivity index (χ1) is 7.34. The van der Waals surface area contributed by atoms with Crippen LogP contribution in [0.1, 0.15) is 26.2 Å². The summed E-state index contributed by atoms with van der Waals surface area (Å²) in [5.74, 6) is 0.204. The van der Waals surface area contributed by atoms with Gasteiger partial charge in [-0.15, -0.1) is 0 Å². The third-order valence-electron chi connectivity index (χ3n) is 2.60. The average molecular weight is 214 g/mol. The van der Waals surface area contributed by atoms with Gasteiger partial charge in [0, 0.05) is 13.1 Å². The summed E-state index contributed by atoms with van der Waals surface area (Å²) in [7, 11) is 0. The van der Waals surface area contributed by atoms with Gasteiger partial charge in [0.25, 0.3) is 0 Å². The van der Waals surface area contributed by atoms with Gasteiger partial charge < -0.3 is 15.0 Å². The maximum absolute atomic E-state index is 11.6. The highest BCUT2D eigenvalue weighted by atomic mass is 16.5. The maximum atomic E-state index is 11.6. The van der Waals surface area contributed by atoms with Crippen LogP contribution in [-0.2, 0) is 9.53 Å². The van der Waals surface area contributed by atoms with Crippen molar-refractivity contribution < 1.29 is 9.53 Å². The number of amides is 1. The fourth-order valence-corrected chi connectivity index (χ4v) is 1.62. The van der Waals surface area contributed by atoms with Crippen LogP contribution < -0.4 is 5.32 Å². The molecule has 0 saturated carbocycles. The van der Waals surface area contributed by atoms with Crippen LogP contribution in [0.15, 0.2) is 0 Å². The Kier molecular flexibility index (Phi) is 6.36. The molecular weight excluding hydrogens is 192 g/mol. The molecule has 0 aromatic carbocycles. The molecule has 1 fully saturated rings. The molecule has 88 valence electrons. The van der Waals surface area contributed by atoms with Gasteiger partial charge in [0.05, 0.1) is 19.8 Å². The van der Waals surface area contributed by atoms with Crippen LogP contribution in [0, 0.1) is 0 Å². The van der Waals surface area contributed by atoms with Crippen LogP contribution in [-0.4, -0.2) is 50.2 Å². The van der Waals surface area contributed by atoms with Crippen molar-refractivity contribution in [3.8, 4) is 0 Å². The SMILES string of the molecule is CCCCCNCC(=O)N1CCOCC1. The van der Waals surface area contributed by atoms with Gasteiger partial charge in [0.15, 0.2) is 0 Å². The lowest BCUT2D eigenvalue weighted by atomic mass is 10.2. The van der Waals surface area contributed by atoms with Crippen molar-refractivity contribution >= 4 is 5.91 Å². The molecule has 0 radical (unpaired) electrons. The van der Waals surface area contributed by atoms with E-state index in [-0.39, 0.29) is 5.91 Å². The number of nitrogens with one attached hydrogen (secondary N) is 1. The molecule has 1 saturated heterocycles. The Hall–Kier alpha value is -0.610. The number of carbonyl (C=O) groups is 1. The monoisotopic (exact) mass is 214 g/mol. The summed E-state index contributed by atoms with van der Waals surface area (Å²) in [6.45, 7) is 6.46. The molecule has 1 heterocycles. The molecule has 0 aromatic rings. The van der Waals surface area contributed by atoms with Gasteiger partial charge >= 0.3 is 0 Å². The van der Waals surface area contributed by atoms with Crippen LogP contribution in [0.3, 0.4) is 0 Å². The van der Waals surface area contributed by atoms with Crippen molar-refractivity contribution in [1.29, 1.82) is 0 Å². The van der Waals surface area contributed by atoms with Gasteiger partial charge in [-0.2, -0.15) is 0 Å². The minimum Gasteiger partial charge on any atom is -0.378 e. The number of ether oxygens (including phenoxy) is 1. The van der Waals surface area contributed by atoms with E-state index in [0.717, 1.165) is 26.1 Å². The van der Waals surface area contributed by atoms with E-state index < -0.39 is 0 Å². The summed E-state index contributed by atoms with van der Waals surface area (Å²) in [6, 6.07) is 0. The van der Waals surface area contributed by atoms with E-state index in [0.29, 0.717) is 19.8 Å². The average Bonchev–Trinajstić information content (AvgIpc) is 2.30. The molecule has 1 rings (SSSR count). The molecule has 15 heavy (non-hydrogen) atoms. The maximum Gasteiger partial charge on any atom is 0.236 e. The molecule has 0 aromatic heterocycles. The van der Waals surface area contributed by atoms with E-state index in [1.54, 1.807) is 0 Å². The van der Waals surface area contributed by atoms with Crippen molar-refractivity contribution in [2.45, 2.75) is 26.2 Å². The van der Waals surface area contributed by atoms with Crippen molar-refractivity contribution in [2.75, 3.05) is 39.4 Å². The topological polar surface area (TPSA) is 41.6 Å². The first-order valence-corrected chi connectivity index (χ1v) is 5.91. The lowest BCUT2D eigenvalue weighted by molar-refractivity contribution is -0.134. The third kappa shape index (κ3) is 5.14. The zero-order valence-electron chi connectivity index (χ0n) is 9.63. The van der Waals surface area contributed by atoms with Crippen LogP contribution in [0.25, 0.3) is 0 Å². The Bertz CT molecular complexity index is 179. The number of hydrogen-bond donors (Lipinski definition) is 1. The Balaban J connectivity index is 2.02. The lowest BCUT2D eigenvalue weighted by Gasteiger charge is -2.26. The van der Waals surface area contributed by atoms with Gasteiger partial charge in [-0.25, -0.2) is 0 Å². The quantitative estimate of drug-likeness (QED) is 0.659. The number of carbonyl (C=O) groups excluding carboxylic acids is 1. The molecule has 1 aliphatic heterocycles. The first-order valence-electron chi connectivity index (χ1n) is 5.91. The predicted octanol–water partition coefficient (Wildman–Crippen LogP) is 0.625. The van der Waals surface area contributed by atoms with Crippen LogP contribution >= 0.6 is 0 Å². The van der Waals surface area contributed by atoms with E-state index in [9.17, 15) is 4.79 Å². The van der Waals surface area contributed by atoms with Crippen LogP contribution in [0.2, 0.25) is 0 Å². The molecule has 0 unspecified atom stereocenters. The van der Waals surface area contributed by atoms with Gasteiger partial charge in [0.1, 0.15) is 0 Å². The summed E-state index contributed by atoms with van der Waals surface area (Å²) >= 11 is 0. The minimum absolute atomic E-state index is 0.204. The summed E-state index contributed by atoms with van der Waals surface area (Å²) < 4.78 is 5.19. The van der Waals surface area contributed by atoms with E-state index in [1.807, 2.05) is 4.90 Å². The summed E-state index contributed by atoms with van der Waals surface area (Å²) in [6.07, 6.45) is 3.62. The largest absolute Gasteiger partial charge is 0.378 e. The molecule has 1 aliphatic rings. The number of rotatable bonds is 6. The Morgan fingerprint density at radius 3 is 2.73 bits per heavy atom. The fraction of sp³-hybridized carbons (Fsp3) is 0.909. The van der Waals surface area contributed by atoms with E-state index in [1.165, 1.54) is 12.8 Å². The van der Waals surface area contributed by atoms with E-state index >= 15 is 0 Å². The second-order valence-electron chi connectivity index (χ2n) is 3.88. The van der Waals surface area contributed by atoms with Crippen molar-refractivity contribution in [3.63, 3.8) is 0 Å². The Morgan fingerprint density at radius 2 is 2.07 bits per heavy atom. The second kappa shape index (κ2) is 7.65.